The lowest BCUT2D eigenvalue weighted by molar-refractivity contribution is 0.194. The van der Waals surface area contributed by atoms with Gasteiger partial charge >= 0.3 is 6.03 Å². The average Bonchev–Trinajstić information content (AvgIpc) is 2.78. The van der Waals surface area contributed by atoms with Crippen molar-refractivity contribution < 1.29 is 9.21 Å². The fraction of sp³-hybridized carbons (Fsp3) is 0.545. The van der Waals surface area contributed by atoms with Crippen molar-refractivity contribution in [1.29, 1.82) is 0 Å². The lowest BCUT2D eigenvalue weighted by atomic mass is 10.2. The van der Waals surface area contributed by atoms with Crippen molar-refractivity contribution in [2.75, 3.05) is 26.7 Å². The van der Waals surface area contributed by atoms with E-state index in [1.54, 1.807) is 16.8 Å². The number of aryl methyl sites for hydroxylation is 1. The van der Waals surface area contributed by atoms with E-state index >= 15 is 0 Å². The van der Waals surface area contributed by atoms with Gasteiger partial charge in [-0.3, -0.25) is 0 Å². The zero-order valence-electron chi connectivity index (χ0n) is 9.64. The van der Waals surface area contributed by atoms with Crippen LogP contribution in [-0.2, 0) is 0 Å². The summed E-state index contributed by atoms with van der Waals surface area (Å²) in [6.45, 7) is 3.64. The van der Waals surface area contributed by atoms with Crippen molar-refractivity contribution in [3.8, 4) is 0 Å². The first-order chi connectivity index (χ1) is 7.63. The summed E-state index contributed by atoms with van der Waals surface area (Å²) in [5.41, 5.74) is 5.47. The Hall–Kier alpha value is -1.49. The van der Waals surface area contributed by atoms with E-state index in [1.165, 1.54) is 0 Å². The summed E-state index contributed by atoms with van der Waals surface area (Å²) in [6.07, 6.45) is 0. The molecule has 0 aliphatic carbocycles. The van der Waals surface area contributed by atoms with E-state index in [0.29, 0.717) is 19.6 Å². The molecule has 1 aromatic rings. The zero-order chi connectivity index (χ0) is 11.7. The lowest BCUT2D eigenvalue weighted by Gasteiger charge is -2.15. The third-order valence-corrected chi connectivity index (χ3v) is 2.92. The number of urea groups is 1. The number of hydrogen-bond donors (Lipinski definition) is 1. The summed E-state index contributed by atoms with van der Waals surface area (Å²) in [7, 11) is 1.79. The van der Waals surface area contributed by atoms with Crippen LogP contribution < -0.4 is 5.73 Å². The topological polar surface area (TPSA) is 62.7 Å². The number of carbonyl (C=O) groups excluding carboxylic acids is 1. The van der Waals surface area contributed by atoms with Gasteiger partial charge in [-0.05, 0) is 19.1 Å². The molecule has 2 rings (SSSR count). The Labute approximate surface area is 94.8 Å². The predicted octanol–water partition coefficient (Wildman–Crippen LogP) is 0.955. The number of amides is 2. The Morgan fingerprint density at radius 2 is 2.31 bits per heavy atom. The Bertz CT molecular complexity index is 388. The first kappa shape index (κ1) is 11.0. The van der Waals surface area contributed by atoms with Crippen molar-refractivity contribution in [1.82, 2.24) is 9.80 Å². The maximum Gasteiger partial charge on any atom is 0.320 e. The largest absolute Gasteiger partial charge is 0.464 e. The molecule has 1 saturated heterocycles. The quantitative estimate of drug-likeness (QED) is 0.830. The molecule has 1 unspecified atom stereocenters. The van der Waals surface area contributed by atoms with Crippen LogP contribution >= 0.6 is 0 Å². The number of furan rings is 1. The normalized spacial score (nSPS) is 20.9. The molecule has 0 radical (unpaired) electrons. The molecule has 2 N–H and O–H groups in total. The van der Waals surface area contributed by atoms with Crippen LogP contribution in [0.15, 0.2) is 16.5 Å². The molecule has 0 bridgehead atoms. The van der Waals surface area contributed by atoms with Gasteiger partial charge < -0.3 is 20.0 Å². The number of hydrogen-bond acceptors (Lipinski definition) is 3. The minimum atomic E-state index is 0.00718. The Morgan fingerprint density at radius 3 is 2.88 bits per heavy atom. The van der Waals surface area contributed by atoms with Crippen LogP contribution in [0.4, 0.5) is 4.79 Å². The van der Waals surface area contributed by atoms with Gasteiger partial charge in [0.05, 0.1) is 6.54 Å². The van der Waals surface area contributed by atoms with E-state index in [2.05, 4.69) is 0 Å². The Balaban J connectivity index is 2.15. The van der Waals surface area contributed by atoms with Crippen LogP contribution in [-0.4, -0.2) is 42.5 Å². The van der Waals surface area contributed by atoms with Gasteiger partial charge in [0.2, 0.25) is 0 Å². The van der Waals surface area contributed by atoms with Crippen LogP contribution in [0, 0.1) is 6.92 Å². The third-order valence-electron chi connectivity index (χ3n) is 2.92. The third kappa shape index (κ3) is 1.78. The summed E-state index contributed by atoms with van der Waals surface area (Å²) < 4.78 is 5.56. The number of nitrogens with zero attached hydrogens (tertiary/aromatic N) is 2. The Morgan fingerprint density at radius 1 is 1.56 bits per heavy atom. The molecule has 16 heavy (non-hydrogen) atoms. The molecule has 88 valence electrons. The highest BCUT2D eigenvalue weighted by Gasteiger charge is 2.36. The number of likely N-dealkylation sites (N-methyl/N-ethyl adjacent to an activating group) is 1. The van der Waals surface area contributed by atoms with Gasteiger partial charge in [-0.2, -0.15) is 0 Å². The van der Waals surface area contributed by atoms with Crippen LogP contribution in [0.1, 0.15) is 17.6 Å². The molecule has 1 fully saturated rings. The van der Waals surface area contributed by atoms with E-state index < -0.39 is 0 Å². The zero-order valence-corrected chi connectivity index (χ0v) is 9.64. The highest BCUT2D eigenvalue weighted by Crippen LogP contribution is 2.28. The fourth-order valence-corrected chi connectivity index (χ4v) is 2.02. The monoisotopic (exact) mass is 223 g/mol. The first-order valence-electron chi connectivity index (χ1n) is 5.41. The molecule has 1 atom stereocenters. The molecular formula is C11H17N3O2. The van der Waals surface area contributed by atoms with Crippen LogP contribution in [0.2, 0.25) is 0 Å². The average molecular weight is 223 g/mol. The van der Waals surface area contributed by atoms with Gasteiger partial charge in [0.1, 0.15) is 17.6 Å². The minimum Gasteiger partial charge on any atom is -0.464 e. The number of carbonyl (C=O) groups is 1. The second-order valence-electron chi connectivity index (χ2n) is 4.09. The van der Waals surface area contributed by atoms with Gasteiger partial charge in [-0.15, -0.1) is 0 Å². The standard InChI is InChI=1S/C11H17N3O2/c1-8-3-4-10(16-8)9-7-14(6-5-12)11(15)13(9)2/h3-4,9H,5-7,12H2,1-2H3. The summed E-state index contributed by atoms with van der Waals surface area (Å²) in [5.74, 6) is 1.71. The first-order valence-corrected chi connectivity index (χ1v) is 5.41. The Kier molecular flexibility index (Phi) is 2.87. The van der Waals surface area contributed by atoms with Crippen molar-refractivity contribution in [2.45, 2.75) is 13.0 Å². The van der Waals surface area contributed by atoms with Crippen molar-refractivity contribution in [2.24, 2.45) is 5.73 Å². The van der Waals surface area contributed by atoms with E-state index in [0.717, 1.165) is 11.5 Å². The SMILES string of the molecule is Cc1ccc(C2CN(CCN)C(=O)N2C)o1. The smallest absolute Gasteiger partial charge is 0.320 e. The number of rotatable bonds is 3. The molecule has 5 heteroatoms. The van der Waals surface area contributed by atoms with Crippen molar-refractivity contribution in [3.05, 3.63) is 23.7 Å². The molecule has 0 spiro atoms. The second-order valence-corrected chi connectivity index (χ2v) is 4.09. The van der Waals surface area contributed by atoms with Gasteiger partial charge in [0.15, 0.2) is 0 Å². The van der Waals surface area contributed by atoms with Crippen LogP contribution in [0.25, 0.3) is 0 Å². The van der Waals surface area contributed by atoms with Crippen molar-refractivity contribution >= 4 is 6.03 Å². The number of nitrogens with two attached hydrogens (primary N) is 1. The molecule has 1 aromatic heterocycles. The predicted molar refractivity (Wildman–Crippen MR) is 60.0 cm³/mol. The molecule has 1 aliphatic heterocycles. The summed E-state index contributed by atoms with van der Waals surface area (Å²) in [6, 6.07) is 3.87. The minimum absolute atomic E-state index is 0.00718. The van der Waals surface area contributed by atoms with E-state index in [9.17, 15) is 4.79 Å². The van der Waals surface area contributed by atoms with E-state index in [4.69, 9.17) is 10.2 Å². The molecule has 1 aliphatic rings. The molecule has 2 amide bonds. The van der Waals surface area contributed by atoms with Crippen LogP contribution in [0.3, 0.4) is 0 Å². The second kappa shape index (κ2) is 4.17. The molecular weight excluding hydrogens is 206 g/mol. The maximum absolute atomic E-state index is 11.8. The van der Waals surface area contributed by atoms with E-state index in [-0.39, 0.29) is 12.1 Å². The molecule has 0 saturated carbocycles. The molecule has 2 heterocycles. The lowest BCUT2D eigenvalue weighted by Crippen LogP contribution is -2.33. The van der Waals surface area contributed by atoms with Gasteiger partial charge in [0, 0.05) is 20.1 Å². The van der Waals surface area contributed by atoms with Crippen molar-refractivity contribution in [3.63, 3.8) is 0 Å². The molecule has 5 nitrogen and oxygen atoms in total. The fourth-order valence-electron chi connectivity index (χ4n) is 2.02. The van der Waals surface area contributed by atoms with E-state index in [1.807, 2.05) is 19.1 Å². The molecule has 0 aromatic carbocycles. The van der Waals surface area contributed by atoms with Gasteiger partial charge in [0.25, 0.3) is 0 Å². The highest BCUT2D eigenvalue weighted by molar-refractivity contribution is 5.77. The highest BCUT2D eigenvalue weighted by atomic mass is 16.3. The van der Waals surface area contributed by atoms with Crippen LogP contribution in [0.5, 0.6) is 0 Å². The summed E-state index contributed by atoms with van der Waals surface area (Å²) in [4.78, 5) is 15.3. The van der Waals surface area contributed by atoms with Gasteiger partial charge in [-0.1, -0.05) is 0 Å². The maximum atomic E-state index is 11.8. The summed E-state index contributed by atoms with van der Waals surface area (Å²) >= 11 is 0. The summed E-state index contributed by atoms with van der Waals surface area (Å²) in [5, 5.41) is 0. The van der Waals surface area contributed by atoms with Gasteiger partial charge in [-0.25, -0.2) is 4.79 Å².